The average Bonchev–Trinajstić information content (AvgIpc) is 2.82. The Kier molecular flexibility index (Phi) is 4.15. The third-order valence-corrected chi connectivity index (χ3v) is 2.99. The minimum absolute atomic E-state index is 0. The number of aromatic nitrogens is 2. The van der Waals surface area contributed by atoms with E-state index in [0.29, 0.717) is 22.4 Å². The first-order valence-electron chi connectivity index (χ1n) is 5.78. The van der Waals surface area contributed by atoms with E-state index in [0.717, 1.165) is 12.1 Å². The predicted molar refractivity (Wildman–Crippen MR) is 65.3 cm³/mol. The molecule has 6 heteroatoms. The Morgan fingerprint density at radius 1 is 1.05 bits per heavy atom. The topological polar surface area (TPSA) is 50.2 Å². The fraction of sp³-hybridized carbons (Fsp3) is 0.0714. The van der Waals surface area contributed by atoms with Gasteiger partial charge in [-0.15, -0.1) is 0 Å². The Balaban J connectivity index is 0.00000147. The van der Waals surface area contributed by atoms with E-state index in [9.17, 15) is 13.9 Å². The largest absolute Gasteiger partial charge is 1.00 e. The predicted octanol–water partition coefficient (Wildman–Crippen LogP) is -0.654. The number of hydrogen-bond acceptors (Lipinski definition) is 1. The van der Waals surface area contributed by atoms with Crippen molar-refractivity contribution in [3.63, 3.8) is 0 Å². The minimum atomic E-state index is -0.927. The number of hydrogen-bond donors (Lipinski definition) is 2. The second kappa shape index (κ2) is 5.68. The van der Waals surface area contributed by atoms with Crippen LogP contribution in [0.3, 0.4) is 0 Å². The number of H-pyrrole nitrogens is 2. The molecule has 0 amide bonds. The van der Waals surface area contributed by atoms with E-state index in [1.165, 1.54) is 0 Å². The summed E-state index contributed by atoms with van der Waals surface area (Å²) in [6.45, 7) is 0. The summed E-state index contributed by atoms with van der Waals surface area (Å²) in [7, 11) is 0. The Hall–Kier alpha value is -1.79. The first-order valence-corrected chi connectivity index (χ1v) is 5.78. The molecule has 104 valence electrons. The van der Waals surface area contributed by atoms with Crippen LogP contribution in [0.4, 0.5) is 8.78 Å². The van der Waals surface area contributed by atoms with Gasteiger partial charge in [0.15, 0.2) is 28.8 Å². The van der Waals surface area contributed by atoms with E-state index in [1.807, 2.05) is 6.07 Å². The molecule has 3 rings (SSSR count). The monoisotopic (exact) mass is 340 g/mol. The van der Waals surface area contributed by atoms with Gasteiger partial charge in [0.05, 0.1) is 0 Å². The van der Waals surface area contributed by atoms with Crippen LogP contribution in [-0.4, -0.2) is 10.1 Å². The van der Waals surface area contributed by atoms with E-state index in [2.05, 4.69) is 9.97 Å². The Morgan fingerprint density at radius 3 is 2.40 bits per heavy atom. The second-order valence-corrected chi connectivity index (χ2v) is 4.29. The van der Waals surface area contributed by atoms with Crippen molar-refractivity contribution in [3.8, 4) is 0 Å². The van der Waals surface area contributed by atoms with Crippen LogP contribution in [0.1, 0.15) is 17.5 Å². The molecule has 0 saturated heterocycles. The fourth-order valence-corrected chi connectivity index (χ4v) is 2.01. The third kappa shape index (κ3) is 2.57. The van der Waals surface area contributed by atoms with Gasteiger partial charge in [0, 0.05) is 12.1 Å². The van der Waals surface area contributed by atoms with Crippen LogP contribution >= 0.6 is 0 Å². The van der Waals surface area contributed by atoms with Crippen LogP contribution in [0.25, 0.3) is 11.0 Å². The normalized spacial score (nSPS) is 12.2. The number of halogens is 3. The number of fused-ring (bicyclic) bond motifs is 1. The standard InChI is InChI=1S/C14H10F2N2O.BrH/c15-9-6-11-12(7-10(9)16)18-14(17-11)13(19)8-4-2-1-3-5-8;/h1-7,13,19H,(H,17,18);1H. The van der Waals surface area contributed by atoms with Gasteiger partial charge in [-0.25, -0.2) is 18.7 Å². The summed E-state index contributed by atoms with van der Waals surface area (Å²) in [5.41, 5.74) is 1.50. The lowest BCUT2D eigenvalue weighted by molar-refractivity contribution is -0.366. The van der Waals surface area contributed by atoms with E-state index in [1.54, 1.807) is 24.3 Å². The first kappa shape index (κ1) is 14.6. The van der Waals surface area contributed by atoms with Gasteiger partial charge < -0.3 is 22.1 Å². The zero-order chi connectivity index (χ0) is 13.4. The van der Waals surface area contributed by atoms with Crippen molar-refractivity contribution >= 4 is 11.0 Å². The maximum Gasteiger partial charge on any atom is 0.287 e. The number of aliphatic hydroxyl groups is 1. The average molecular weight is 341 g/mol. The Morgan fingerprint density at radius 2 is 1.70 bits per heavy atom. The Labute approximate surface area is 124 Å². The van der Waals surface area contributed by atoms with Gasteiger partial charge in [-0.3, -0.25) is 0 Å². The Bertz CT molecular complexity index is 692. The molecule has 20 heavy (non-hydrogen) atoms. The summed E-state index contributed by atoms with van der Waals surface area (Å²) in [6, 6.07) is 11.1. The highest BCUT2D eigenvalue weighted by molar-refractivity contribution is 5.71. The molecule has 0 fully saturated rings. The molecule has 0 bridgehead atoms. The molecule has 0 saturated carbocycles. The molecular weight excluding hydrogens is 330 g/mol. The fourth-order valence-electron chi connectivity index (χ4n) is 2.01. The first-order chi connectivity index (χ1) is 9.15. The van der Waals surface area contributed by atoms with Crippen molar-refractivity contribution in [2.75, 3.05) is 0 Å². The SMILES string of the molecule is OC(c1ccccc1)c1[nH]c2cc(F)c(F)cc2[nH+]1.[Br-]. The van der Waals surface area contributed by atoms with Crippen molar-refractivity contribution in [3.05, 3.63) is 65.5 Å². The highest BCUT2D eigenvalue weighted by Gasteiger charge is 2.21. The van der Waals surface area contributed by atoms with Crippen LogP contribution in [0.5, 0.6) is 0 Å². The van der Waals surface area contributed by atoms with Gasteiger partial charge in [-0.2, -0.15) is 0 Å². The quantitative estimate of drug-likeness (QED) is 0.639. The number of imidazole rings is 1. The maximum absolute atomic E-state index is 13.1. The van der Waals surface area contributed by atoms with E-state index >= 15 is 0 Å². The van der Waals surface area contributed by atoms with Gasteiger partial charge in [0.25, 0.3) is 5.82 Å². The molecule has 0 radical (unpaired) electrons. The molecule has 0 spiro atoms. The third-order valence-electron chi connectivity index (χ3n) is 2.99. The summed E-state index contributed by atoms with van der Waals surface area (Å²) < 4.78 is 26.2. The van der Waals surface area contributed by atoms with Crippen LogP contribution in [0.15, 0.2) is 42.5 Å². The van der Waals surface area contributed by atoms with E-state index in [4.69, 9.17) is 0 Å². The van der Waals surface area contributed by atoms with Gasteiger partial charge in [-0.05, 0) is 5.56 Å². The molecule has 1 unspecified atom stereocenters. The van der Waals surface area contributed by atoms with Crippen molar-refractivity contribution in [1.82, 2.24) is 4.98 Å². The lowest BCUT2D eigenvalue weighted by Gasteiger charge is -2.03. The van der Waals surface area contributed by atoms with Crippen LogP contribution in [0, 0.1) is 11.6 Å². The van der Waals surface area contributed by atoms with Crippen LogP contribution in [0.2, 0.25) is 0 Å². The maximum atomic E-state index is 13.1. The summed E-state index contributed by atoms with van der Waals surface area (Å²) >= 11 is 0. The van der Waals surface area contributed by atoms with Crippen LogP contribution in [-0.2, 0) is 0 Å². The lowest BCUT2D eigenvalue weighted by atomic mass is 10.1. The smallest absolute Gasteiger partial charge is 0.287 e. The zero-order valence-electron chi connectivity index (χ0n) is 10.2. The van der Waals surface area contributed by atoms with Crippen molar-refractivity contribution in [1.29, 1.82) is 0 Å². The molecule has 0 aliphatic heterocycles. The number of nitrogens with one attached hydrogen (secondary N) is 2. The molecule has 3 aromatic rings. The molecule has 2 aromatic carbocycles. The highest BCUT2D eigenvalue weighted by atomic mass is 79.9. The van der Waals surface area contributed by atoms with Crippen molar-refractivity contribution in [2.45, 2.75) is 6.10 Å². The lowest BCUT2D eigenvalue weighted by Crippen LogP contribution is -3.00. The molecule has 0 aliphatic carbocycles. The molecule has 3 N–H and O–H groups in total. The minimum Gasteiger partial charge on any atom is -1.00 e. The summed E-state index contributed by atoms with van der Waals surface area (Å²) in [5.74, 6) is -1.47. The molecule has 1 heterocycles. The van der Waals surface area contributed by atoms with E-state index < -0.39 is 17.7 Å². The summed E-state index contributed by atoms with van der Waals surface area (Å²) in [6.07, 6.45) is -0.903. The highest BCUT2D eigenvalue weighted by Crippen LogP contribution is 2.20. The van der Waals surface area contributed by atoms with Crippen LogP contribution < -0.4 is 22.0 Å². The molecule has 0 aliphatic rings. The number of rotatable bonds is 2. The summed E-state index contributed by atoms with van der Waals surface area (Å²) in [4.78, 5) is 5.70. The number of aliphatic hydroxyl groups excluding tert-OH is 1. The van der Waals surface area contributed by atoms with Crippen molar-refractivity contribution in [2.24, 2.45) is 0 Å². The molecule has 3 nitrogen and oxygen atoms in total. The second-order valence-electron chi connectivity index (χ2n) is 4.29. The number of benzene rings is 2. The van der Waals surface area contributed by atoms with Gasteiger partial charge >= 0.3 is 0 Å². The molecular formula is C14H11BrF2N2O. The van der Waals surface area contributed by atoms with Gasteiger partial charge in [-0.1, -0.05) is 30.3 Å². The molecule has 1 atom stereocenters. The van der Waals surface area contributed by atoms with Gasteiger partial charge in [0.2, 0.25) is 0 Å². The zero-order valence-corrected chi connectivity index (χ0v) is 11.8. The van der Waals surface area contributed by atoms with Gasteiger partial charge in [0.1, 0.15) is 0 Å². The molecule has 1 aromatic heterocycles. The van der Waals surface area contributed by atoms with E-state index in [-0.39, 0.29) is 17.0 Å². The van der Waals surface area contributed by atoms with Crippen molar-refractivity contribution < 1.29 is 35.9 Å². The summed E-state index contributed by atoms with van der Waals surface area (Å²) in [5, 5.41) is 10.2. The number of aromatic amines is 2.